The maximum Gasteiger partial charge on any atom is 0.192 e. The molecule has 1 spiro atoms. The molecule has 246 valence electrons. The van der Waals surface area contributed by atoms with E-state index < -0.39 is 28.0 Å². The van der Waals surface area contributed by atoms with Crippen molar-refractivity contribution in [2.75, 3.05) is 13.7 Å². The zero-order valence-electron chi connectivity index (χ0n) is 28.4. The van der Waals surface area contributed by atoms with Crippen LogP contribution >= 0.6 is 0 Å². The molecule has 5 atom stereocenters. The molecule has 43 heavy (non-hydrogen) atoms. The molecule has 0 saturated carbocycles. The lowest BCUT2D eigenvalue weighted by molar-refractivity contribution is -0.347. The Labute approximate surface area is 263 Å². The van der Waals surface area contributed by atoms with Crippen LogP contribution in [-0.4, -0.2) is 66.3 Å². The summed E-state index contributed by atoms with van der Waals surface area (Å²) >= 11 is 0. The zero-order chi connectivity index (χ0) is 31.6. The minimum Gasteiger partial charge on any atom is -0.497 e. The first-order valence-electron chi connectivity index (χ1n) is 17.0. The average Bonchev–Trinajstić information content (AvgIpc) is 3.01. The van der Waals surface area contributed by atoms with Crippen LogP contribution in [0, 0.1) is 0 Å². The summed E-state index contributed by atoms with van der Waals surface area (Å²) in [6.07, 6.45) is 4.74. The SMILES string of the molecule is CC[Si](CC)(CC)O[C@H]1C[C@H](CCOCc2ccc(OC)cc2)O[C@@]2(C1)C[C@@](C)(O[Si](CC)(CC)CC)C[C@H](CC=O)O2. The predicted molar refractivity (Wildman–Crippen MR) is 178 cm³/mol. The summed E-state index contributed by atoms with van der Waals surface area (Å²) in [5.74, 6) is 0.00392. The van der Waals surface area contributed by atoms with Crippen molar-refractivity contribution in [2.45, 2.75) is 160 Å². The number of hydrogen-bond donors (Lipinski definition) is 0. The molecule has 0 amide bonds. The van der Waals surface area contributed by atoms with Crippen LogP contribution in [0.5, 0.6) is 5.75 Å². The lowest BCUT2D eigenvalue weighted by atomic mass is 9.82. The van der Waals surface area contributed by atoms with Gasteiger partial charge in [0.05, 0.1) is 37.6 Å². The van der Waals surface area contributed by atoms with Gasteiger partial charge >= 0.3 is 0 Å². The number of ether oxygens (including phenoxy) is 4. The molecule has 3 rings (SSSR count). The Hall–Kier alpha value is -1.08. The highest BCUT2D eigenvalue weighted by Crippen LogP contribution is 2.48. The van der Waals surface area contributed by atoms with Crippen molar-refractivity contribution in [3.8, 4) is 5.75 Å². The molecule has 0 unspecified atom stereocenters. The Balaban J connectivity index is 1.83. The fourth-order valence-corrected chi connectivity index (χ4v) is 13.4. The van der Waals surface area contributed by atoms with Gasteiger partial charge in [-0.05, 0) is 73.7 Å². The Kier molecular flexibility index (Phi) is 13.9. The summed E-state index contributed by atoms with van der Waals surface area (Å²) in [6.45, 7) is 17.0. The van der Waals surface area contributed by atoms with Gasteiger partial charge in [0.1, 0.15) is 12.0 Å². The van der Waals surface area contributed by atoms with Crippen molar-refractivity contribution >= 4 is 22.9 Å². The molecule has 1 aromatic carbocycles. The topological polar surface area (TPSA) is 72.5 Å². The number of rotatable bonds is 18. The molecule has 2 heterocycles. The molecule has 2 aliphatic heterocycles. The lowest BCUT2D eigenvalue weighted by Gasteiger charge is -2.55. The van der Waals surface area contributed by atoms with Crippen molar-refractivity contribution in [3.05, 3.63) is 29.8 Å². The highest BCUT2D eigenvalue weighted by molar-refractivity contribution is 6.74. The van der Waals surface area contributed by atoms with E-state index in [2.05, 4.69) is 48.5 Å². The second kappa shape index (κ2) is 16.5. The first-order valence-corrected chi connectivity index (χ1v) is 22.0. The van der Waals surface area contributed by atoms with Gasteiger partial charge in [0.15, 0.2) is 22.4 Å². The van der Waals surface area contributed by atoms with E-state index in [1.807, 2.05) is 24.3 Å². The van der Waals surface area contributed by atoms with Gasteiger partial charge in [-0.2, -0.15) is 0 Å². The third kappa shape index (κ3) is 9.71. The number of hydrogen-bond acceptors (Lipinski definition) is 7. The minimum absolute atomic E-state index is 0.0524. The molecular formula is C34H60O7Si2. The van der Waals surface area contributed by atoms with Crippen LogP contribution in [0.25, 0.3) is 0 Å². The summed E-state index contributed by atoms with van der Waals surface area (Å²) in [5, 5.41) is 0. The normalized spacial score (nSPS) is 28.2. The van der Waals surface area contributed by atoms with Gasteiger partial charge < -0.3 is 32.6 Å². The molecule has 0 N–H and O–H groups in total. The average molecular weight is 637 g/mol. The highest BCUT2D eigenvalue weighted by Gasteiger charge is 2.55. The predicted octanol–water partition coefficient (Wildman–Crippen LogP) is 8.42. The zero-order valence-corrected chi connectivity index (χ0v) is 30.4. The summed E-state index contributed by atoms with van der Waals surface area (Å²) in [7, 11) is -2.10. The van der Waals surface area contributed by atoms with Crippen LogP contribution in [-0.2, 0) is 34.5 Å². The van der Waals surface area contributed by atoms with Crippen LogP contribution in [0.2, 0.25) is 36.3 Å². The second-order valence-electron chi connectivity index (χ2n) is 13.1. The smallest absolute Gasteiger partial charge is 0.192 e. The van der Waals surface area contributed by atoms with E-state index in [1.165, 1.54) is 0 Å². The Morgan fingerprint density at radius 3 is 2.05 bits per heavy atom. The van der Waals surface area contributed by atoms with Gasteiger partial charge in [-0.1, -0.05) is 53.7 Å². The third-order valence-electron chi connectivity index (χ3n) is 10.2. The molecule has 0 aliphatic carbocycles. The van der Waals surface area contributed by atoms with E-state index in [1.54, 1.807) is 7.11 Å². The molecule has 0 aromatic heterocycles. The van der Waals surface area contributed by atoms with Crippen molar-refractivity contribution in [1.82, 2.24) is 0 Å². The number of methoxy groups -OCH3 is 1. The molecule has 0 radical (unpaired) electrons. The molecule has 9 heteroatoms. The maximum atomic E-state index is 11.8. The van der Waals surface area contributed by atoms with Gasteiger partial charge in [0.2, 0.25) is 0 Å². The van der Waals surface area contributed by atoms with E-state index in [0.29, 0.717) is 38.9 Å². The standard InChI is InChI=1S/C34H60O7Si2/c1-9-42(10-2,11-3)40-32-23-30(20-22-37-26-28-15-17-29(36-8)18-16-28)38-34(25-32)27-33(7,24-31(39-34)19-21-35)41-43(12-4,13-5)14-6/h15-18,21,30-32H,9-14,19-20,22-27H2,1-8H3/t30-,31-,32-,33-,34+/m0/s1. The number of aldehydes is 1. The number of carbonyl (C=O) groups is 1. The van der Waals surface area contributed by atoms with E-state index in [-0.39, 0.29) is 18.3 Å². The summed E-state index contributed by atoms with van der Waals surface area (Å²) in [5.41, 5.74) is 0.704. The third-order valence-corrected chi connectivity index (χ3v) is 19.7. The maximum absolute atomic E-state index is 11.8. The Bertz CT molecular complexity index is 951. The largest absolute Gasteiger partial charge is 0.497 e. The van der Waals surface area contributed by atoms with Crippen molar-refractivity contribution in [3.63, 3.8) is 0 Å². The second-order valence-corrected chi connectivity index (χ2v) is 22.5. The highest BCUT2D eigenvalue weighted by atomic mass is 28.4. The lowest BCUT2D eigenvalue weighted by Crippen LogP contribution is -2.61. The molecule has 7 nitrogen and oxygen atoms in total. The fourth-order valence-electron chi connectivity index (χ4n) is 7.38. The molecule has 2 saturated heterocycles. The molecule has 2 aliphatic rings. The molecule has 2 fully saturated rings. The van der Waals surface area contributed by atoms with E-state index in [9.17, 15) is 4.79 Å². The Morgan fingerprint density at radius 1 is 0.884 bits per heavy atom. The van der Waals surface area contributed by atoms with Gasteiger partial charge in [-0.3, -0.25) is 0 Å². The van der Waals surface area contributed by atoms with Crippen molar-refractivity contribution in [1.29, 1.82) is 0 Å². The summed E-state index contributed by atoms with van der Waals surface area (Å²) in [4.78, 5) is 11.8. The first kappa shape index (κ1) is 36.4. The van der Waals surface area contributed by atoms with Crippen molar-refractivity contribution in [2.24, 2.45) is 0 Å². The summed E-state index contributed by atoms with van der Waals surface area (Å²) in [6, 6.07) is 14.6. The Morgan fingerprint density at radius 2 is 1.49 bits per heavy atom. The molecular weight excluding hydrogens is 577 g/mol. The van der Waals surface area contributed by atoms with Crippen LogP contribution in [0.1, 0.15) is 92.6 Å². The fraction of sp³-hybridized carbons (Fsp3) is 0.794. The van der Waals surface area contributed by atoms with E-state index in [4.69, 9.17) is 27.8 Å². The van der Waals surface area contributed by atoms with Crippen LogP contribution < -0.4 is 4.74 Å². The number of benzene rings is 1. The van der Waals surface area contributed by atoms with E-state index >= 15 is 0 Å². The van der Waals surface area contributed by atoms with Crippen molar-refractivity contribution < 1.29 is 32.6 Å². The van der Waals surface area contributed by atoms with Gasteiger partial charge in [0, 0.05) is 32.3 Å². The van der Waals surface area contributed by atoms with Crippen LogP contribution in [0.15, 0.2) is 24.3 Å². The summed E-state index contributed by atoms with van der Waals surface area (Å²) < 4.78 is 39.5. The van der Waals surface area contributed by atoms with Gasteiger partial charge in [0.25, 0.3) is 0 Å². The molecule has 1 aromatic rings. The minimum atomic E-state index is -1.92. The monoisotopic (exact) mass is 636 g/mol. The van der Waals surface area contributed by atoms with Gasteiger partial charge in [-0.15, -0.1) is 0 Å². The quantitative estimate of drug-likeness (QED) is 0.0910. The first-order chi connectivity index (χ1) is 20.6. The molecule has 0 bridgehead atoms. The van der Waals surface area contributed by atoms with Crippen LogP contribution in [0.3, 0.4) is 0 Å². The van der Waals surface area contributed by atoms with E-state index in [0.717, 1.165) is 66.7 Å². The van der Waals surface area contributed by atoms with Gasteiger partial charge in [-0.25, -0.2) is 0 Å². The number of carbonyl (C=O) groups excluding carboxylic acids is 1. The van der Waals surface area contributed by atoms with Crippen LogP contribution in [0.4, 0.5) is 0 Å².